The van der Waals surface area contributed by atoms with Gasteiger partial charge in [0.25, 0.3) is 11.6 Å². The summed E-state index contributed by atoms with van der Waals surface area (Å²) < 4.78 is 11.5. The maximum absolute atomic E-state index is 13.2. The summed E-state index contributed by atoms with van der Waals surface area (Å²) in [5.74, 6) is 0.660. The van der Waals surface area contributed by atoms with Crippen LogP contribution in [0.2, 0.25) is 0 Å². The van der Waals surface area contributed by atoms with Crippen molar-refractivity contribution in [2.24, 2.45) is 0 Å². The Balaban J connectivity index is 0.00000323. The molecular formula is C31H40Cl2N4O7. The van der Waals surface area contributed by atoms with E-state index < -0.39 is 4.92 Å². The van der Waals surface area contributed by atoms with Crippen LogP contribution in [-0.4, -0.2) is 73.4 Å². The third-order valence-corrected chi connectivity index (χ3v) is 7.15. The summed E-state index contributed by atoms with van der Waals surface area (Å²) in [5.41, 5.74) is 2.41. The number of nitro benzene ring substituents is 1. The van der Waals surface area contributed by atoms with Crippen LogP contribution in [0, 0.1) is 10.1 Å². The lowest BCUT2D eigenvalue weighted by atomic mass is 10.0. The van der Waals surface area contributed by atoms with Gasteiger partial charge in [-0.25, -0.2) is 0 Å². The number of benzene rings is 3. The van der Waals surface area contributed by atoms with Crippen LogP contribution >= 0.6 is 24.8 Å². The number of amides is 1. The van der Waals surface area contributed by atoms with E-state index in [4.69, 9.17) is 9.47 Å². The number of methoxy groups -OCH3 is 1. The second-order valence-corrected chi connectivity index (χ2v) is 9.78. The molecule has 0 spiro atoms. The number of ketones is 1. The molecule has 1 heterocycles. The number of para-hydroxylation sites is 3. The Hall–Kier alpha value is -3.90. The minimum absolute atomic E-state index is 0. The van der Waals surface area contributed by atoms with E-state index >= 15 is 0 Å². The number of nitrogens with one attached hydrogen (secondary N) is 1. The maximum atomic E-state index is 13.2. The van der Waals surface area contributed by atoms with Crippen LogP contribution < -0.4 is 19.7 Å². The summed E-state index contributed by atoms with van der Waals surface area (Å²) in [4.78, 5) is 41.0. The first-order chi connectivity index (χ1) is 19.9. The molecule has 0 aliphatic carbocycles. The number of ether oxygens (including phenoxy) is 2. The second kappa shape index (κ2) is 18.7. The Morgan fingerprint density at radius 1 is 0.932 bits per heavy atom. The zero-order valence-corrected chi connectivity index (χ0v) is 26.5. The molecule has 1 saturated heterocycles. The van der Waals surface area contributed by atoms with Crippen molar-refractivity contribution < 1.29 is 29.5 Å². The zero-order valence-electron chi connectivity index (χ0n) is 24.8. The van der Waals surface area contributed by atoms with E-state index in [2.05, 4.69) is 21.2 Å². The van der Waals surface area contributed by atoms with Crippen LogP contribution in [0.15, 0.2) is 66.7 Å². The lowest BCUT2D eigenvalue weighted by Gasteiger charge is -2.36. The SMILES string of the molecule is CCC(=O)c1cccc(C(=O)NCCCN2CCN(c3ccccc3OC)CC2)c1OCc1ccc([N+](=O)[O-])cc1.Cl.Cl.O. The van der Waals surface area contributed by atoms with E-state index in [1.807, 2.05) is 18.2 Å². The average Bonchev–Trinajstić information content (AvgIpc) is 3.01. The number of carbonyl (C=O) groups is 2. The Bertz CT molecular complexity index is 1370. The van der Waals surface area contributed by atoms with Crippen molar-refractivity contribution >= 4 is 47.9 Å². The Morgan fingerprint density at radius 3 is 2.23 bits per heavy atom. The van der Waals surface area contributed by atoms with Gasteiger partial charge in [-0.05, 0) is 54.9 Å². The lowest BCUT2D eigenvalue weighted by molar-refractivity contribution is -0.384. The Kier molecular flexibility index (Phi) is 16.2. The van der Waals surface area contributed by atoms with E-state index in [0.717, 1.165) is 50.6 Å². The van der Waals surface area contributed by atoms with Crippen molar-refractivity contribution in [2.45, 2.75) is 26.4 Å². The number of hydrogen-bond donors (Lipinski definition) is 1. The highest BCUT2D eigenvalue weighted by Crippen LogP contribution is 2.29. The van der Waals surface area contributed by atoms with Crippen LogP contribution in [0.1, 0.15) is 46.0 Å². The minimum Gasteiger partial charge on any atom is -0.495 e. The molecule has 0 bridgehead atoms. The molecule has 0 atom stereocenters. The molecule has 13 heteroatoms. The highest BCUT2D eigenvalue weighted by molar-refractivity contribution is 6.04. The second-order valence-electron chi connectivity index (χ2n) is 9.78. The Labute approximate surface area is 269 Å². The number of hydrogen-bond acceptors (Lipinski definition) is 8. The number of carbonyl (C=O) groups excluding carboxylic acids is 2. The van der Waals surface area contributed by atoms with E-state index in [0.29, 0.717) is 17.7 Å². The number of non-ortho nitro benzene ring substituents is 1. The van der Waals surface area contributed by atoms with Crippen molar-refractivity contribution in [3.63, 3.8) is 0 Å². The molecule has 44 heavy (non-hydrogen) atoms. The molecule has 1 aliphatic rings. The fourth-order valence-corrected chi connectivity index (χ4v) is 4.85. The standard InChI is InChI=1S/C31H36N4O6.2ClH.H2O/c1-3-28(36)25-8-6-9-26(30(25)41-22-23-12-14-24(15-13-23)35(38)39)31(37)32-16-7-17-33-18-20-34(21-19-33)27-10-4-5-11-29(27)40-2;;;/h4-6,8-15H,3,7,16-22H2,1-2H3,(H,32,37);2*1H;1H2. The van der Waals surface area contributed by atoms with E-state index in [-0.39, 0.29) is 72.0 Å². The lowest BCUT2D eigenvalue weighted by Crippen LogP contribution is -2.47. The van der Waals surface area contributed by atoms with E-state index in [1.165, 1.54) is 12.1 Å². The summed E-state index contributed by atoms with van der Waals surface area (Å²) in [5, 5.41) is 13.9. The Morgan fingerprint density at radius 2 is 1.59 bits per heavy atom. The van der Waals surface area contributed by atoms with Crippen molar-refractivity contribution in [2.75, 3.05) is 51.3 Å². The quantitative estimate of drug-likeness (QED) is 0.121. The molecule has 3 aromatic carbocycles. The summed E-state index contributed by atoms with van der Waals surface area (Å²) in [7, 11) is 1.69. The van der Waals surface area contributed by atoms with Crippen molar-refractivity contribution in [3.05, 3.63) is 93.5 Å². The first-order valence-corrected chi connectivity index (χ1v) is 13.8. The van der Waals surface area contributed by atoms with Gasteiger partial charge in [0.1, 0.15) is 18.1 Å². The highest BCUT2D eigenvalue weighted by atomic mass is 35.5. The predicted octanol–water partition coefficient (Wildman–Crippen LogP) is 4.74. The molecular weight excluding hydrogens is 611 g/mol. The monoisotopic (exact) mass is 650 g/mol. The summed E-state index contributed by atoms with van der Waals surface area (Å²) in [6, 6.07) is 19.0. The van der Waals surface area contributed by atoms with Gasteiger partial charge in [-0.2, -0.15) is 0 Å². The van der Waals surface area contributed by atoms with Gasteiger partial charge in [0.15, 0.2) is 5.78 Å². The molecule has 11 nitrogen and oxygen atoms in total. The third-order valence-electron chi connectivity index (χ3n) is 7.15. The van der Waals surface area contributed by atoms with Crippen LogP contribution in [0.3, 0.4) is 0 Å². The minimum atomic E-state index is -0.468. The molecule has 0 saturated carbocycles. The van der Waals surface area contributed by atoms with Crippen LogP contribution in [-0.2, 0) is 6.61 Å². The fourth-order valence-electron chi connectivity index (χ4n) is 4.85. The molecule has 4 rings (SSSR count). The normalized spacial score (nSPS) is 12.5. The van der Waals surface area contributed by atoms with Crippen molar-refractivity contribution in [1.29, 1.82) is 0 Å². The third kappa shape index (κ3) is 9.81. The largest absolute Gasteiger partial charge is 0.495 e. The number of anilines is 1. The number of nitro groups is 1. The van der Waals surface area contributed by atoms with Crippen molar-refractivity contribution in [3.8, 4) is 11.5 Å². The fraction of sp³-hybridized carbons (Fsp3) is 0.355. The molecule has 0 aromatic heterocycles. The molecule has 0 radical (unpaired) electrons. The first-order valence-electron chi connectivity index (χ1n) is 13.8. The van der Waals surface area contributed by atoms with Crippen LogP contribution in [0.25, 0.3) is 0 Å². The number of Topliss-reactive ketones (excluding diaryl/α,β-unsaturated/α-hetero) is 1. The predicted molar refractivity (Wildman–Crippen MR) is 175 cm³/mol. The summed E-state index contributed by atoms with van der Waals surface area (Å²) in [6.45, 7) is 6.82. The molecule has 3 aromatic rings. The van der Waals surface area contributed by atoms with Gasteiger partial charge in [0.05, 0.1) is 28.8 Å². The number of nitrogens with zero attached hydrogens (tertiary/aromatic N) is 3. The molecule has 0 unspecified atom stereocenters. The van der Waals surface area contributed by atoms with Gasteiger partial charge in [0, 0.05) is 51.3 Å². The molecule has 1 fully saturated rings. The van der Waals surface area contributed by atoms with Gasteiger partial charge in [-0.3, -0.25) is 24.6 Å². The molecule has 3 N–H and O–H groups in total. The average molecular weight is 652 g/mol. The van der Waals surface area contributed by atoms with Gasteiger partial charge in [-0.15, -0.1) is 24.8 Å². The summed E-state index contributed by atoms with van der Waals surface area (Å²) in [6.07, 6.45) is 1.05. The maximum Gasteiger partial charge on any atom is 0.269 e. The zero-order chi connectivity index (χ0) is 29.2. The topological polar surface area (TPSA) is 146 Å². The molecule has 1 amide bonds. The highest BCUT2D eigenvalue weighted by Gasteiger charge is 2.21. The van der Waals surface area contributed by atoms with E-state index in [1.54, 1.807) is 44.4 Å². The van der Waals surface area contributed by atoms with Gasteiger partial charge < -0.3 is 25.2 Å². The van der Waals surface area contributed by atoms with Gasteiger partial charge in [0.2, 0.25) is 0 Å². The number of halogens is 2. The number of rotatable bonds is 13. The molecule has 1 aliphatic heterocycles. The van der Waals surface area contributed by atoms with Crippen LogP contribution in [0.4, 0.5) is 11.4 Å². The molecule has 240 valence electrons. The van der Waals surface area contributed by atoms with Gasteiger partial charge >= 0.3 is 0 Å². The van der Waals surface area contributed by atoms with Gasteiger partial charge in [-0.1, -0.05) is 25.1 Å². The first kappa shape index (κ1) is 38.1. The number of piperazine rings is 1. The van der Waals surface area contributed by atoms with Crippen LogP contribution in [0.5, 0.6) is 11.5 Å². The van der Waals surface area contributed by atoms with Crippen molar-refractivity contribution in [1.82, 2.24) is 10.2 Å². The van der Waals surface area contributed by atoms with E-state index in [9.17, 15) is 19.7 Å². The smallest absolute Gasteiger partial charge is 0.269 e. The summed E-state index contributed by atoms with van der Waals surface area (Å²) >= 11 is 0.